The van der Waals surface area contributed by atoms with E-state index in [0.717, 1.165) is 45.0 Å². The number of hydrogen-bond donors (Lipinski definition) is 1. The Morgan fingerprint density at radius 3 is 2.47 bits per heavy atom. The van der Waals surface area contributed by atoms with Crippen molar-refractivity contribution < 1.29 is 13.9 Å². The van der Waals surface area contributed by atoms with Crippen LogP contribution >= 0.6 is 24.0 Å². The van der Waals surface area contributed by atoms with E-state index in [1.807, 2.05) is 23.1 Å². The molecular weight excluding hydrogens is 495 g/mol. The number of benzene rings is 1. The van der Waals surface area contributed by atoms with Gasteiger partial charge in [-0.1, -0.05) is 30.3 Å². The molecule has 1 saturated heterocycles. The molecule has 1 fully saturated rings. The van der Waals surface area contributed by atoms with Gasteiger partial charge in [0.15, 0.2) is 11.7 Å². The van der Waals surface area contributed by atoms with Crippen LogP contribution in [0.4, 0.5) is 0 Å². The minimum atomic E-state index is -0.0481. The van der Waals surface area contributed by atoms with Gasteiger partial charge >= 0.3 is 0 Å². The Morgan fingerprint density at radius 1 is 1.07 bits per heavy atom. The van der Waals surface area contributed by atoms with Gasteiger partial charge in [0.2, 0.25) is 0 Å². The summed E-state index contributed by atoms with van der Waals surface area (Å²) in [5.74, 6) is 1.24. The van der Waals surface area contributed by atoms with E-state index >= 15 is 0 Å². The molecule has 30 heavy (non-hydrogen) atoms. The maximum absolute atomic E-state index is 12.4. The van der Waals surface area contributed by atoms with Crippen LogP contribution in [0.1, 0.15) is 29.0 Å². The summed E-state index contributed by atoms with van der Waals surface area (Å²) >= 11 is 0. The number of nitrogens with one attached hydrogen (secondary N) is 1. The molecule has 0 bridgehead atoms. The van der Waals surface area contributed by atoms with E-state index in [1.54, 1.807) is 19.2 Å². The van der Waals surface area contributed by atoms with Crippen molar-refractivity contribution in [1.82, 2.24) is 15.1 Å². The first-order chi connectivity index (χ1) is 14.3. The molecule has 0 radical (unpaired) electrons. The second-order valence-electron chi connectivity index (χ2n) is 6.98. The molecule has 1 aromatic heterocycles. The Hall–Kier alpha value is -2.07. The summed E-state index contributed by atoms with van der Waals surface area (Å²) in [6.45, 7) is 5.10. The summed E-state index contributed by atoms with van der Waals surface area (Å²) in [5.41, 5.74) is 1.20. The molecular formula is C22H31IN4O3. The van der Waals surface area contributed by atoms with E-state index < -0.39 is 0 Å². The Bertz CT molecular complexity index is 760. The van der Waals surface area contributed by atoms with Gasteiger partial charge in [0, 0.05) is 46.4 Å². The zero-order valence-electron chi connectivity index (χ0n) is 17.5. The third-order valence-corrected chi connectivity index (χ3v) is 4.92. The highest BCUT2D eigenvalue weighted by Crippen LogP contribution is 2.09. The molecule has 0 atom stereocenters. The Balaban J connectivity index is 0.00000320. The number of guanidine groups is 1. The number of halogens is 1. The summed E-state index contributed by atoms with van der Waals surface area (Å²) < 4.78 is 10.9. The van der Waals surface area contributed by atoms with Crippen LogP contribution in [0.3, 0.4) is 0 Å². The molecule has 7 nitrogen and oxygen atoms in total. The molecule has 0 saturated carbocycles. The number of piperazine rings is 1. The lowest BCUT2D eigenvalue weighted by atomic mass is 10.2. The van der Waals surface area contributed by atoms with Crippen LogP contribution in [0.5, 0.6) is 0 Å². The number of furan rings is 1. The van der Waals surface area contributed by atoms with Gasteiger partial charge in [-0.15, -0.1) is 24.0 Å². The number of amides is 1. The largest absolute Gasteiger partial charge is 0.459 e. The molecule has 8 heteroatoms. The third kappa shape index (κ3) is 7.32. The average molecular weight is 526 g/mol. The summed E-state index contributed by atoms with van der Waals surface area (Å²) in [6, 6.07) is 13.7. The van der Waals surface area contributed by atoms with Gasteiger partial charge in [-0.2, -0.15) is 0 Å². The molecule has 2 heterocycles. The van der Waals surface area contributed by atoms with E-state index in [9.17, 15) is 4.79 Å². The van der Waals surface area contributed by atoms with Crippen molar-refractivity contribution in [3.05, 3.63) is 60.1 Å². The van der Waals surface area contributed by atoms with Gasteiger partial charge in [0.05, 0.1) is 12.9 Å². The number of unbranched alkanes of at least 4 members (excludes halogenated alkanes) is 1. The van der Waals surface area contributed by atoms with Crippen molar-refractivity contribution >= 4 is 35.8 Å². The highest BCUT2D eigenvalue weighted by Gasteiger charge is 2.24. The van der Waals surface area contributed by atoms with E-state index in [2.05, 4.69) is 27.3 Å². The fraction of sp³-hybridized carbons (Fsp3) is 0.455. The lowest BCUT2D eigenvalue weighted by molar-refractivity contribution is 0.0657. The lowest BCUT2D eigenvalue weighted by Gasteiger charge is -2.36. The van der Waals surface area contributed by atoms with Crippen molar-refractivity contribution in [3.8, 4) is 0 Å². The molecule has 1 amide bonds. The molecule has 1 aliphatic heterocycles. The molecule has 0 unspecified atom stereocenters. The van der Waals surface area contributed by atoms with Crippen LogP contribution in [0, 0.1) is 0 Å². The zero-order chi connectivity index (χ0) is 20.3. The summed E-state index contributed by atoms with van der Waals surface area (Å²) in [6.07, 6.45) is 3.55. The lowest BCUT2D eigenvalue weighted by Crippen LogP contribution is -2.53. The van der Waals surface area contributed by atoms with Crippen molar-refractivity contribution in [3.63, 3.8) is 0 Å². The first-order valence-electron chi connectivity index (χ1n) is 10.2. The fourth-order valence-corrected chi connectivity index (χ4v) is 3.30. The number of ether oxygens (including phenoxy) is 1. The van der Waals surface area contributed by atoms with Crippen LogP contribution in [-0.4, -0.2) is 68.0 Å². The molecule has 2 aromatic rings. The van der Waals surface area contributed by atoms with Crippen LogP contribution in [-0.2, 0) is 11.3 Å². The minimum Gasteiger partial charge on any atom is -0.459 e. The molecule has 1 aliphatic rings. The van der Waals surface area contributed by atoms with Gasteiger partial charge in [-0.25, -0.2) is 0 Å². The van der Waals surface area contributed by atoms with Gasteiger partial charge in [0.25, 0.3) is 5.91 Å². The Morgan fingerprint density at radius 2 is 1.80 bits per heavy atom. The zero-order valence-corrected chi connectivity index (χ0v) is 19.8. The number of rotatable bonds is 8. The van der Waals surface area contributed by atoms with E-state index in [4.69, 9.17) is 9.15 Å². The van der Waals surface area contributed by atoms with Gasteiger partial charge < -0.3 is 24.3 Å². The number of nitrogens with zero attached hydrogens (tertiary/aromatic N) is 3. The van der Waals surface area contributed by atoms with Crippen molar-refractivity contribution in [2.45, 2.75) is 19.4 Å². The quantitative estimate of drug-likeness (QED) is 0.248. The first kappa shape index (κ1) is 24.2. The second kappa shape index (κ2) is 13.3. The van der Waals surface area contributed by atoms with Crippen molar-refractivity contribution in [2.75, 3.05) is 46.4 Å². The normalized spacial score (nSPS) is 14.4. The van der Waals surface area contributed by atoms with E-state index in [1.165, 1.54) is 11.8 Å². The smallest absolute Gasteiger partial charge is 0.289 e. The minimum absolute atomic E-state index is 0. The molecule has 1 aromatic carbocycles. The first-order valence-corrected chi connectivity index (χ1v) is 10.2. The predicted octanol–water partition coefficient (Wildman–Crippen LogP) is 3.23. The molecule has 1 N–H and O–H groups in total. The number of hydrogen-bond acceptors (Lipinski definition) is 4. The highest BCUT2D eigenvalue weighted by atomic mass is 127. The highest BCUT2D eigenvalue weighted by molar-refractivity contribution is 14.0. The molecule has 3 rings (SSSR count). The monoisotopic (exact) mass is 526 g/mol. The number of carbonyl (C=O) groups excluding carboxylic acids is 1. The standard InChI is InChI=1S/C22H30N4O3.HI/c1-23-22(24-11-5-6-16-28-18-19-8-3-2-4-9-19)26-14-12-25(13-15-26)21(27)20-10-7-17-29-20;/h2-4,7-10,17H,5-6,11-16,18H2,1H3,(H,23,24);1H. The van der Waals surface area contributed by atoms with Crippen LogP contribution < -0.4 is 5.32 Å². The van der Waals surface area contributed by atoms with E-state index in [-0.39, 0.29) is 29.9 Å². The summed E-state index contributed by atoms with van der Waals surface area (Å²) in [7, 11) is 1.80. The van der Waals surface area contributed by atoms with Gasteiger partial charge in [-0.05, 0) is 30.5 Å². The maximum atomic E-state index is 12.4. The molecule has 0 aliphatic carbocycles. The Kier molecular flexibility index (Phi) is 10.7. The summed E-state index contributed by atoms with van der Waals surface area (Å²) in [5, 5.41) is 3.42. The van der Waals surface area contributed by atoms with Crippen LogP contribution in [0.25, 0.3) is 0 Å². The van der Waals surface area contributed by atoms with E-state index in [0.29, 0.717) is 25.5 Å². The maximum Gasteiger partial charge on any atom is 0.289 e. The average Bonchev–Trinajstić information content (AvgIpc) is 3.31. The fourth-order valence-electron chi connectivity index (χ4n) is 3.30. The third-order valence-electron chi connectivity index (χ3n) is 4.92. The summed E-state index contributed by atoms with van der Waals surface area (Å²) in [4.78, 5) is 20.8. The van der Waals surface area contributed by atoms with Gasteiger partial charge in [-0.3, -0.25) is 9.79 Å². The predicted molar refractivity (Wildman–Crippen MR) is 128 cm³/mol. The number of aliphatic imine (C=N–C) groups is 1. The molecule has 0 spiro atoms. The van der Waals surface area contributed by atoms with Gasteiger partial charge in [0.1, 0.15) is 0 Å². The van der Waals surface area contributed by atoms with Crippen molar-refractivity contribution in [1.29, 1.82) is 0 Å². The second-order valence-corrected chi connectivity index (χ2v) is 6.98. The Labute approximate surface area is 195 Å². The van der Waals surface area contributed by atoms with Crippen LogP contribution in [0.2, 0.25) is 0 Å². The SMILES string of the molecule is CN=C(NCCCCOCc1ccccc1)N1CCN(C(=O)c2ccco2)CC1.I. The number of carbonyl (C=O) groups is 1. The van der Waals surface area contributed by atoms with Crippen molar-refractivity contribution in [2.24, 2.45) is 4.99 Å². The topological polar surface area (TPSA) is 70.3 Å². The van der Waals surface area contributed by atoms with Crippen LogP contribution in [0.15, 0.2) is 58.1 Å². The molecule has 164 valence electrons.